The molecule has 132 valence electrons. The molecule has 1 N–H and O–H groups in total. The van der Waals surface area contributed by atoms with E-state index in [9.17, 15) is 14.9 Å². The summed E-state index contributed by atoms with van der Waals surface area (Å²) in [7, 11) is 0. The van der Waals surface area contributed by atoms with Crippen molar-refractivity contribution in [3.05, 3.63) is 69.8 Å². The van der Waals surface area contributed by atoms with Crippen LogP contribution in [0.1, 0.15) is 29.3 Å². The van der Waals surface area contributed by atoms with Gasteiger partial charge in [0.1, 0.15) is 0 Å². The van der Waals surface area contributed by atoms with Crippen molar-refractivity contribution in [2.45, 2.75) is 20.3 Å². The number of nitrogens with zero attached hydrogens (tertiary/aromatic N) is 2. The third-order valence-electron chi connectivity index (χ3n) is 4.07. The lowest BCUT2D eigenvalue weighted by Crippen LogP contribution is -2.30. The maximum absolute atomic E-state index is 12.3. The van der Waals surface area contributed by atoms with Crippen LogP contribution < -0.4 is 10.2 Å². The Morgan fingerprint density at radius 3 is 2.56 bits per heavy atom. The zero-order valence-corrected chi connectivity index (χ0v) is 14.6. The monoisotopic (exact) mass is 341 g/mol. The molecule has 0 radical (unpaired) electrons. The Morgan fingerprint density at radius 1 is 1.20 bits per heavy atom. The lowest BCUT2D eigenvalue weighted by molar-refractivity contribution is -0.384. The van der Waals surface area contributed by atoms with E-state index < -0.39 is 4.92 Å². The first-order chi connectivity index (χ1) is 12.0. The van der Waals surface area contributed by atoms with Crippen molar-refractivity contribution < 1.29 is 9.72 Å². The standard InChI is InChI=1S/C19H23N3O3/c1-3-21(16-8-5-4-6-9-16)13-7-12-20-19(23)18-14-17(22(24)25)11-10-15(18)2/h4-6,8-11,14H,3,7,12-13H2,1-2H3,(H,20,23). The van der Waals surface area contributed by atoms with Crippen LogP contribution in [0.2, 0.25) is 0 Å². The van der Waals surface area contributed by atoms with E-state index in [2.05, 4.69) is 29.3 Å². The van der Waals surface area contributed by atoms with Gasteiger partial charge in [-0.15, -0.1) is 0 Å². The van der Waals surface area contributed by atoms with Crippen LogP contribution in [0.25, 0.3) is 0 Å². The molecule has 0 aliphatic heterocycles. The number of carbonyl (C=O) groups is 1. The van der Waals surface area contributed by atoms with Gasteiger partial charge in [-0.1, -0.05) is 24.3 Å². The van der Waals surface area contributed by atoms with Gasteiger partial charge in [-0.25, -0.2) is 0 Å². The summed E-state index contributed by atoms with van der Waals surface area (Å²) in [4.78, 5) is 24.9. The molecule has 2 aromatic rings. The molecule has 6 nitrogen and oxygen atoms in total. The van der Waals surface area contributed by atoms with E-state index in [4.69, 9.17) is 0 Å². The van der Waals surface area contributed by atoms with E-state index in [1.54, 1.807) is 13.0 Å². The van der Waals surface area contributed by atoms with Gasteiger partial charge in [0, 0.05) is 43.0 Å². The SMILES string of the molecule is CCN(CCCNC(=O)c1cc([N+](=O)[O-])ccc1C)c1ccccc1. The van der Waals surface area contributed by atoms with Crippen LogP contribution in [-0.2, 0) is 0 Å². The average molecular weight is 341 g/mol. The maximum Gasteiger partial charge on any atom is 0.270 e. The highest BCUT2D eigenvalue weighted by Gasteiger charge is 2.14. The van der Waals surface area contributed by atoms with Crippen molar-refractivity contribution in [3.8, 4) is 0 Å². The van der Waals surface area contributed by atoms with E-state index in [0.29, 0.717) is 12.1 Å². The minimum absolute atomic E-state index is 0.0722. The second-order valence-electron chi connectivity index (χ2n) is 5.78. The fraction of sp³-hybridized carbons (Fsp3) is 0.316. The van der Waals surface area contributed by atoms with Gasteiger partial charge in [-0.05, 0) is 38.0 Å². The lowest BCUT2D eigenvalue weighted by atomic mass is 10.1. The zero-order valence-electron chi connectivity index (χ0n) is 14.6. The average Bonchev–Trinajstić information content (AvgIpc) is 2.62. The Kier molecular flexibility index (Phi) is 6.51. The molecule has 0 saturated carbocycles. The summed E-state index contributed by atoms with van der Waals surface area (Å²) >= 11 is 0. The molecule has 0 spiro atoms. The molecule has 1 amide bonds. The molecule has 0 aliphatic carbocycles. The molecule has 0 aromatic heterocycles. The second-order valence-corrected chi connectivity index (χ2v) is 5.78. The number of carbonyl (C=O) groups excluding carboxylic acids is 1. The zero-order chi connectivity index (χ0) is 18.2. The largest absolute Gasteiger partial charge is 0.372 e. The van der Waals surface area contributed by atoms with E-state index in [1.807, 2.05) is 18.2 Å². The van der Waals surface area contributed by atoms with Crippen LogP contribution in [0.5, 0.6) is 0 Å². The minimum Gasteiger partial charge on any atom is -0.372 e. The number of non-ortho nitro benzene ring substituents is 1. The van der Waals surface area contributed by atoms with Gasteiger partial charge < -0.3 is 10.2 Å². The molecule has 0 saturated heterocycles. The molecule has 2 aromatic carbocycles. The van der Waals surface area contributed by atoms with Crippen molar-refractivity contribution in [2.75, 3.05) is 24.5 Å². The molecule has 6 heteroatoms. The Labute approximate surface area is 147 Å². The maximum atomic E-state index is 12.3. The highest BCUT2D eigenvalue weighted by Crippen LogP contribution is 2.17. The molecule has 25 heavy (non-hydrogen) atoms. The number of para-hydroxylation sites is 1. The smallest absolute Gasteiger partial charge is 0.270 e. The summed E-state index contributed by atoms with van der Waals surface area (Å²) in [5.74, 6) is -0.274. The van der Waals surface area contributed by atoms with Gasteiger partial charge in [0.25, 0.3) is 11.6 Å². The van der Waals surface area contributed by atoms with Crippen molar-refractivity contribution in [2.24, 2.45) is 0 Å². The van der Waals surface area contributed by atoms with Gasteiger partial charge in [-0.2, -0.15) is 0 Å². The Balaban J connectivity index is 1.88. The van der Waals surface area contributed by atoms with Crippen LogP contribution >= 0.6 is 0 Å². The summed E-state index contributed by atoms with van der Waals surface area (Å²) in [6.45, 7) is 6.10. The summed E-state index contributed by atoms with van der Waals surface area (Å²) < 4.78 is 0. The van der Waals surface area contributed by atoms with Gasteiger partial charge in [0.05, 0.1) is 4.92 Å². The fourth-order valence-electron chi connectivity index (χ4n) is 2.64. The summed E-state index contributed by atoms with van der Waals surface area (Å²) in [5, 5.41) is 13.7. The number of aryl methyl sites for hydroxylation is 1. The highest BCUT2D eigenvalue weighted by atomic mass is 16.6. The molecular formula is C19H23N3O3. The molecule has 2 rings (SSSR count). The van der Waals surface area contributed by atoms with Crippen LogP contribution in [0.15, 0.2) is 48.5 Å². The minimum atomic E-state index is -0.491. The predicted molar refractivity (Wildman–Crippen MR) is 99.1 cm³/mol. The number of amides is 1. The molecule has 0 fully saturated rings. The number of anilines is 1. The predicted octanol–water partition coefficient (Wildman–Crippen LogP) is 3.55. The van der Waals surface area contributed by atoms with Gasteiger partial charge in [0.15, 0.2) is 0 Å². The first-order valence-electron chi connectivity index (χ1n) is 8.36. The van der Waals surface area contributed by atoms with Crippen molar-refractivity contribution in [1.29, 1.82) is 0 Å². The van der Waals surface area contributed by atoms with Gasteiger partial charge >= 0.3 is 0 Å². The van der Waals surface area contributed by atoms with Crippen LogP contribution in [0.3, 0.4) is 0 Å². The normalized spacial score (nSPS) is 10.3. The Morgan fingerprint density at radius 2 is 1.92 bits per heavy atom. The number of nitrogens with one attached hydrogen (secondary N) is 1. The molecule has 0 unspecified atom stereocenters. The van der Waals surface area contributed by atoms with Crippen molar-refractivity contribution >= 4 is 17.3 Å². The van der Waals surface area contributed by atoms with Gasteiger partial charge in [-0.3, -0.25) is 14.9 Å². The number of hydrogen-bond donors (Lipinski definition) is 1. The van der Waals surface area contributed by atoms with Crippen molar-refractivity contribution in [1.82, 2.24) is 5.32 Å². The van der Waals surface area contributed by atoms with Crippen LogP contribution in [0.4, 0.5) is 11.4 Å². The topological polar surface area (TPSA) is 75.5 Å². The van der Waals surface area contributed by atoms with E-state index in [1.165, 1.54) is 12.1 Å². The van der Waals surface area contributed by atoms with Crippen molar-refractivity contribution in [3.63, 3.8) is 0 Å². The molecule has 0 aliphatic rings. The summed E-state index contributed by atoms with van der Waals surface area (Å²) in [6, 6.07) is 14.5. The summed E-state index contributed by atoms with van der Waals surface area (Å²) in [6.07, 6.45) is 0.794. The van der Waals surface area contributed by atoms with Gasteiger partial charge in [0.2, 0.25) is 0 Å². The third kappa shape index (κ3) is 5.04. The number of nitro benzene ring substituents is 1. The molecular weight excluding hydrogens is 318 g/mol. The van der Waals surface area contributed by atoms with Crippen LogP contribution in [-0.4, -0.2) is 30.5 Å². The van der Waals surface area contributed by atoms with E-state index in [0.717, 1.165) is 30.8 Å². The highest BCUT2D eigenvalue weighted by molar-refractivity contribution is 5.96. The Hall–Kier alpha value is -2.89. The Bertz CT molecular complexity index is 732. The third-order valence-corrected chi connectivity index (χ3v) is 4.07. The number of rotatable bonds is 8. The number of hydrogen-bond acceptors (Lipinski definition) is 4. The molecule has 0 heterocycles. The second kappa shape index (κ2) is 8.82. The van der Waals surface area contributed by atoms with E-state index in [-0.39, 0.29) is 11.6 Å². The lowest BCUT2D eigenvalue weighted by Gasteiger charge is -2.23. The summed E-state index contributed by atoms with van der Waals surface area (Å²) in [5.41, 5.74) is 2.16. The quantitative estimate of drug-likeness (QED) is 0.453. The number of nitro groups is 1. The first-order valence-corrected chi connectivity index (χ1v) is 8.36. The van der Waals surface area contributed by atoms with E-state index >= 15 is 0 Å². The van der Waals surface area contributed by atoms with Crippen LogP contribution in [0, 0.1) is 17.0 Å². The molecule has 0 atom stereocenters. The molecule has 0 bridgehead atoms. The first kappa shape index (κ1) is 18.4. The fourth-order valence-corrected chi connectivity index (χ4v) is 2.64. The number of benzene rings is 2.